The highest BCUT2D eigenvalue weighted by Gasteiger charge is 2.39. The van der Waals surface area contributed by atoms with Crippen LogP contribution in [0.4, 0.5) is 20.5 Å². The molecule has 0 unspecified atom stereocenters. The highest BCUT2D eigenvalue weighted by atomic mass is 19.3. The molecule has 1 aliphatic heterocycles. The van der Waals surface area contributed by atoms with Crippen LogP contribution in [0.25, 0.3) is 10.8 Å². The zero-order chi connectivity index (χ0) is 26.2. The predicted octanol–water partition coefficient (Wildman–Crippen LogP) is 2.94. The highest BCUT2D eigenvalue weighted by Crippen LogP contribution is 2.31. The summed E-state index contributed by atoms with van der Waals surface area (Å²) in [6.07, 6.45) is 6.30. The molecule has 1 fully saturated rings. The molecule has 37 heavy (non-hydrogen) atoms. The number of nitrogen functional groups attached to an aromatic ring is 1. The minimum absolute atomic E-state index is 0.197. The van der Waals surface area contributed by atoms with Gasteiger partial charge in [0.25, 0.3) is 11.8 Å². The maximum Gasteiger partial charge on any atom is 0.271 e. The molecule has 3 aromatic heterocycles. The van der Waals surface area contributed by atoms with Crippen LogP contribution in [-0.2, 0) is 13.1 Å². The van der Waals surface area contributed by atoms with Crippen LogP contribution in [0.5, 0.6) is 5.75 Å². The van der Waals surface area contributed by atoms with Crippen molar-refractivity contribution in [1.82, 2.24) is 29.8 Å². The third-order valence-corrected chi connectivity index (χ3v) is 6.30. The summed E-state index contributed by atoms with van der Waals surface area (Å²) in [5, 5.41) is 4.48. The van der Waals surface area contributed by atoms with E-state index in [0.29, 0.717) is 23.9 Å². The second-order valence-electron chi connectivity index (χ2n) is 9.00. The number of anilines is 2. The number of carbonyl (C=O) groups is 1. The fourth-order valence-electron chi connectivity index (χ4n) is 4.37. The van der Waals surface area contributed by atoms with Gasteiger partial charge in [-0.2, -0.15) is 0 Å². The summed E-state index contributed by atoms with van der Waals surface area (Å²) in [6, 6.07) is 5.58. The van der Waals surface area contributed by atoms with Crippen molar-refractivity contribution in [3.63, 3.8) is 0 Å². The van der Waals surface area contributed by atoms with Crippen molar-refractivity contribution in [1.29, 1.82) is 0 Å². The maximum atomic E-state index is 13.5. The number of alkyl halides is 2. The van der Waals surface area contributed by atoms with Crippen LogP contribution in [0.1, 0.15) is 33.9 Å². The monoisotopic (exact) mass is 508 g/mol. The zero-order valence-electron chi connectivity index (χ0n) is 20.4. The van der Waals surface area contributed by atoms with Gasteiger partial charge < -0.3 is 25.3 Å². The van der Waals surface area contributed by atoms with Crippen molar-refractivity contribution in [3.05, 3.63) is 65.6 Å². The number of halogens is 2. The van der Waals surface area contributed by atoms with Crippen LogP contribution in [0.15, 0.2) is 43.0 Å². The Labute approximate surface area is 211 Å². The van der Waals surface area contributed by atoms with Crippen LogP contribution in [0.2, 0.25) is 0 Å². The van der Waals surface area contributed by atoms with E-state index in [-0.39, 0.29) is 43.6 Å². The second kappa shape index (κ2) is 9.60. The molecule has 192 valence electrons. The number of nitrogens with two attached hydrogens (primary N) is 1. The molecular formula is C25H26F2N8O2. The van der Waals surface area contributed by atoms with Crippen LogP contribution < -0.4 is 20.7 Å². The van der Waals surface area contributed by atoms with Crippen LogP contribution in [-0.4, -0.2) is 56.5 Å². The normalized spacial score (nSPS) is 14.8. The lowest BCUT2D eigenvalue weighted by molar-refractivity contribution is 0.0256. The van der Waals surface area contributed by atoms with Gasteiger partial charge >= 0.3 is 0 Å². The average molecular weight is 509 g/mol. The van der Waals surface area contributed by atoms with E-state index in [1.165, 1.54) is 4.90 Å². The molecule has 1 aromatic carbocycles. The lowest BCUT2D eigenvalue weighted by atomic mass is 10.1. The number of pyridine rings is 1. The Morgan fingerprint density at radius 3 is 2.70 bits per heavy atom. The number of nitrogens with zero attached hydrogens (tertiary/aromatic N) is 6. The van der Waals surface area contributed by atoms with Crippen molar-refractivity contribution in [2.45, 2.75) is 32.4 Å². The van der Waals surface area contributed by atoms with E-state index in [1.54, 1.807) is 38.8 Å². The van der Waals surface area contributed by atoms with Crippen molar-refractivity contribution < 1.29 is 18.3 Å². The molecule has 4 aromatic rings. The van der Waals surface area contributed by atoms with Crippen LogP contribution >= 0.6 is 0 Å². The number of imidazole rings is 1. The summed E-state index contributed by atoms with van der Waals surface area (Å²) in [6.45, 7) is 2.31. The molecule has 3 N–H and O–H groups in total. The Balaban J connectivity index is 1.24. The number of amides is 1. The molecule has 12 heteroatoms. The Morgan fingerprint density at radius 1 is 1.22 bits per heavy atom. The van der Waals surface area contributed by atoms with Gasteiger partial charge in [0, 0.05) is 49.9 Å². The molecular weight excluding hydrogens is 482 g/mol. The SMILES string of the molecule is COc1cc(CNC(=O)c2cn(Cc3cnc(N4CCC(F)(F)C4)nc3)c(C)n2)cc2ccnc(N)c12. The number of fused-ring (bicyclic) bond motifs is 1. The average Bonchev–Trinajstić information content (AvgIpc) is 3.44. The van der Waals surface area contributed by atoms with E-state index in [9.17, 15) is 13.6 Å². The second-order valence-corrected chi connectivity index (χ2v) is 9.00. The van der Waals surface area contributed by atoms with Gasteiger partial charge in [0.05, 0.1) is 25.6 Å². The standard InChI is InChI=1S/C25H26F2N8O2/c1-15-33-19(13-35(15)12-17-10-31-24(32-11-17)34-6-4-25(26,27)14-34)23(36)30-9-16-7-18-3-5-29-22(28)21(18)20(8-16)37-2/h3,5,7-8,10-11,13H,4,6,9,12,14H2,1-2H3,(H2,28,29)(H,30,36). The number of hydrogen-bond acceptors (Lipinski definition) is 8. The van der Waals surface area contributed by atoms with E-state index in [4.69, 9.17) is 10.5 Å². The van der Waals surface area contributed by atoms with Gasteiger partial charge in [-0.25, -0.2) is 28.7 Å². The van der Waals surface area contributed by atoms with E-state index < -0.39 is 5.92 Å². The highest BCUT2D eigenvalue weighted by molar-refractivity contribution is 5.97. The van der Waals surface area contributed by atoms with Gasteiger partial charge in [0.15, 0.2) is 0 Å². The van der Waals surface area contributed by atoms with E-state index in [2.05, 4.69) is 25.3 Å². The fraction of sp³-hybridized carbons (Fsp3) is 0.320. The van der Waals surface area contributed by atoms with Gasteiger partial charge in [-0.3, -0.25) is 4.79 Å². The number of aryl methyl sites for hydroxylation is 1. The molecule has 4 heterocycles. The number of methoxy groups -OCH3 is 1. The molecule has 10 nitrogen and oxygen atoms in total. The molecule has 0 radical (unpaired) electrons. The number of rotatable bonds is 7. The van der Waals surface area contributed by atoms with E-state index in [1.807, 2.05) is 22.8 Å². The first-order valence-electron chi connectivity index (χ1n) is 11.7. The summed E-state index contributed by atoms with van der Waals surface area (Å²) < 4.78 is 34.2. The first-order valence-corrected chi connectivity index (χ1v) is 11.7. The molecule has 0 aliphatic carbocycles. The van der Waals surface area contributed by atoms with Gasteiger partial charge in [0.1, 0.15) is 23.1 Å². The summed E-state index contributed by atoms with van der Waals surface area (Å²) in [5.74, 6) is -1.14. The minimum atomic E-state index is -2.71. The quantitative estimate of drug-likeness (QED) is 0.391. The van der Waals surface area contributed by atoms with E-state index >= 15 is 0 Å². The Bertz CT molecular complexity index is 1460. The summed E-state index contributed by atoms with van der Waals surface area (Å²) in [5.41, 5.74) is 7.87. The summed E-state index contributed by atoms with van der Waals surface area (Å²) in [7, 11) is 1.56. The first-order chi connectivity index (χ1) is 17.7. The van der Waals surface area contributed by atoms with E-state index in [0.717, 1.165) is 21.9 Å². The van der Waals surface area contributed by atoms with Gasteiger partial charge in [-0.05, 0) is 36.1 Å². The molecule has 0 spiro atoms. The minimum Gasteiger partial charge on any atom is -0.496 e. The number of nitrogens with one attached hydrogen (secondary N) is 1. The maximum absolute atomic E-state index is 13.5. The first kappa shape index (κ1) is 24.3. The molecule has 1 amide bonds. The third-order valence-electron chi connectivity index (χ3n) is 6.30. The number of aromatic nitrogens is 5. The summed E-state index contributed by atoms with van der Waals surface area (Å²) >= 11 is 0. The summed E-state index contributed by atoms with van der Waals surface area (Å²) in [4.78, 5) is 31.3. The van der Waals surface area contributed by atoms with Crippen molar-refractivity contribution in [3.8, 4) is 5.75 Å². The zero-order valence-corrected chi connectivity index (χ0v) is 20.4. The third kappa shape index (κ3) is 5.13. The largest absolute Gasteiger partial charge is 0.496 e. The molecule has 1 aliphatic rings. The van der Waals surface area contributed by atoms with Crippen molar-refractivity contribution in [2.24, 2.45) is 0 Å². The van der Waals surface area contributed by atoms with Gasteiger partial charge in [0.2, 0.25) is 5.95 Å². The van der Waals surface area contributed by atoms with Crippen molar-refractivity contribution in [2.75, 3.05) is 30.8 Å². The lowest BCUT2D eigenvalue weighted by Crippen LogP contribution is -2.26. The van der Waals surface area contributed by atoms with Gasteiger partial charge in [-0.1, -0.05) is 0 Å². The predicted molar refractivity (Wildman–Crippen MR) is 134 cm³/mol. The lowest BCUT2D eigenvalue weighted by Gasteiger charge is -2.15. The molecule has 0 atom stereocenters. The van der Waals surface area contributed by atoms with Crippen LogP contribution in [0, 0.1) is 6.92 Å². The Kier molecular flexibility index (Phi) is 6.32. The molecule has 0 saturated carbocycles. The number of hydrogen-bond donors (Lipinski definition) is 2. The number of ether oxygens (including phenoxy) is 1. The Morgan fingerprint density at radius 2 is 2.00 bits per heavy atom. The van der Waals surface area contributed by atoms with Crippen molar-refractivity contribution >= 4 is 28.4 Å². The van der Waals surface area contributed by atoms with Crippen LogP contribution in [0.3, 0.4) is 0 Å². The molecule has 5 rings (SSSR count). The number of carbonyl (C=O) groups excluding carboxylic acids is 1. The smallest absolute Gasteiger partial charge is 0.271 e. The molecule has 0 bridgehead atoms. The Hall–Kier alpha value is -4.35. The number of benzene rings is 1. The van der Waals surface area contributed by atoms with Gasteiger partial charge in [-0.15, -0.1) is 0 Å². The molecule has 1 saturated heterocycles. The topological polar surface area (TPSA) is 124 Å². The fourth-order valence-corrected chi connectivity index (χ4v) is 4.37.